The van der Waals surface area contributed by atoms with Gasteiger partial charge in [0, 0.05) is 19.6 Å². The lowest BCUT2D eigenvalue weighted by Gasteiger charge is -2.35. The topological polar surface area (TPSA) is 90.7 Å². The van der Waals surface area contributed by atoms with Crippen LogP contribution < -0.4 is 5.56 Å². The normalized spacial score (nSPS) is 19.3. The van der Waals surface area contributed by atoms with Crippen LogP contribution in [-0.4, -0.2) is 64.5 Å². The molecule has 9 heteroatoms. The van der Waals surface area contributed by atoms with Crippen molar-refractivity contribution in [2.45, 2.75) is 44.2 Å². The van der Waals surface area contributed by atoms with Crippen molar-refractivity contribution in [3.05, 3.63) is 34.6 Å². The van der Waals surface area contributed by atoms with Crippen molar-refractivity contribution in [1.29, 1.82) is 0 Å². The van der Waals surface area contributed by atoms with Crippen LogP contribution in [0.15, 0.2) is 34.2 Å². The summed E-state index contributed by atoms with van der Waals surface area (Å²) >= 11 is 1.21. The molecule has 0 saturated carbocycles. The summed E-state index contributed by atoms with van der Waals surface area (Å²) in [6.07, 6.45) is 0.0330. The number of hydrogen-bond acceptors (Lipinski definition) is 7. The fourth-order valence-corrected chi connectivity index (χ4v) is 4.29. The summed E-state index contributed by atoms with van der Waals surface area (Å²) in [4.78, 5) is 43.5. The molecule has 156 valence electrons. The van der Waals surface area contributed by atoms with E-state index in [-0.39, 0.29) is 42.4 Å². The number of fused-ring (bicyclic) bond motifs is 1. The van der Waals surface area contributed by atoms with E-state index >= 15 is 0 Å². The van der Waals surface area contributed by atoms with Gasteiger partial charge in [0.05, 0.1) is 42.4 Å². The van der Waals surface area contributed by atoms with Crippen molar-refractivity contribution in [3.63, 3.8) is 0 Å². The Labute approximate surface area is 173 Å². The van der Waals surface area contributed by atoms with Crippen molar-refractivity contribution in [3.8, 4) is 0 Å². The number of carbonyl (C=O) groups is 2. The number of benzene rings is 1. The molecule has 1 amide bonds. The van der Waals surface area contributed by atoms with Gasteiger partial charge in [-0.2, -0.15) is 0 Å². The third kappa shape index (κ3) is 5.16. The molecule has 1 aliphatic heterocycles. The minimum absolute atomic E-state index is 0.00951. The molecule has 1 fully saturated rings. The molecular formula is C20H25N3O5S. The monoisotopic (exact) mass is 419 g/mol. The minimum atomic E-state index is -0.409. The van der Waals surface area contributed by atoms with E-state index in [1.807, 2.05) is 19.9 Å². The van der Waals surface area contributed by atoms with Crippen LogP contribution in [0.5, 0.6) is 0 Å². The largest absolute Gasteiger partial charge is 0.469 e. The summed E-state index contributed by atoms with van der Waals surface area (Å²) in [5.74, 6) is -0.282. The highest BCUT2D eigenvalue weighted by Gasteiger charge is 2.26. The first-order valence-electron chi connectivity index (χ1n) is 9.51. The Hall–Kier alpha value is -2.39. The highest BCUT2D eigenvalue weighted by molar-refractivity contribution is 7.99. The maximum absolute atomic E-state index is 12.9. The van der Waals surface area contributed by atoms with Gasteiger partial charge in [-0.25, -0.2) is 4.98 Å². The van der Waals surface area contributed by atoms with Gasteiger partial charge >= 0.3 is 5.97 Å². The van der Waals surface area contributed by atoms with E-state index in [1.165, 1.54) is 23.4 Å². The number of para-hydroxylation sites is 1. The smallest absolute Gasteiger partial charge is 0.307 e. The number of methoxy groups -OCH3 is 1. The lowest BCUT2D eigenvalue weighted by Crippen LogP contribution is -2.48. The second-order valence-electron chi connectivity index (χ2n) is 7.04. The molecule has 29 heavy (non-hydrogen) atoms. The Morgan fingerprint density at radius 3 is 2.62 bits per heavy atom. The fraction of sp³-hybridized carbons (Fsp3) is 0.500. The van der Waals surface area contributed by atoms with Crippen molar-refractivity contribution < 1.29 is 19.1 Å². The van der Waals surface area contributed by atoms with Crippen LogP contribution in [0.3, 0.4) is 0 Å². The molecule has 8 nitrogen and oxygen atoms in total. The molecule has 2 heterocycles. The van der Waals surface area contributed by atoms with Gasteiger partial charge in [0.25, 0.3) is 5.56 Å². The third-order valence-corrected chi connectivity index (χ3v) is 5.65. The molecule has 1 aromatic heterocycles. The van der Waals surface area contributed by atoms with Crippen LogP contribution in [0, 0.1) is 0 Å². The summed E-state index contributed by atoms with van der Waals surface area (Å²) in [6.45, 7) is 5.12. The summed E-state index contributed by atoms with van der Waals surface area (Å²) < 4.78 is 11.8. The zero-order chi connectivity index (χ0) is 21.0. The van der Waals surface area contributed by atoms with Gasteiger partial charge in [-0.3, -0.25) is 19.0 Å². The quantitative estimate of drug-likeness (QED) is 0.400. The van der Waals surface area contributed by atoms with Crippen LogP contribution in [0.1, 0.15) is 20.3 Å². The van der Waals surface area contributed by atoms with Gasteiger partial charge in [-0.05, 0) is 26.0 Å². The summed E-state index contributed by atoms with van der Waals surface area (Å²) in [5, 5.41) is 0.893. The number of aromatic nitrogens is 2. The first-order valence-corrected chi connectivity index (χ1v) is 10.5. The summed E-state index contributed by atoms with van der Waals surface area (Å²) in [5.41, 5.74) is 0.332. The second kappa shape index (κ2) is 9.41. The van der Waals surface area contributed by atoms with Crippen LogP contribution in [0.4, 0.5) is 0 Å². The van der Waals surface area contributed by atoms with Gasteiger partial charge < -0.3 is 14.4 Å². The molecule has 0 unspecified atom stereocenters. The van der Waals surface area contributed by atoms with E-state index in [9.17, 15) is 14.4 Å². The van der Waals surface area contributed by atoms with Gasteiger partial charge in [-0.15, -0.1) is 0 Å². The van der Waals surface area contributed by atoms with E-state index < -0.39 is 5.97 Å². The predicted molar refractivity (Wildman–Crippen MR) is 110 cm³/mol. The minimum Gasteiger partial charge on any atom is -0.469 e. The first-order chi connectivity index (χ1) is 13.9. The SMILES string of the molecule is COC(=O)CCn1c(SCC(=O)N2C[C@H](C)O[C@@H](C)C2)nc2ccccc2c1=O. The van der Waals surface area contributed by atoms with Gasteiger partial charge in [-0.1, -0.05) is 23.9 Å². The van der Waals surface area contributed by atoms with Crippen LogP contribution in [0.25, 0.3) is 10.9 Å². The molecule has 1 aliphatic rings. The maximum Gasteiger partial charge on any atom is 0.307 e. The first kappa shape index (κ1) is 21.3. The van der Waals surface area contributed by atoms with Gasteiger partial charge in [0.2, 0.25) is 5.91 Å². The number of hydrogen-bond donors (Lipinski definition) is 0. The number of rotatable bonds is 6. The van der Waals surface area contributed by atoms with Gasteiger partial charge in [0.15, 0.2) is 5.16 Å². The van der Waals surface area contributed by atoms with Crippen molar-refractivity contribution in [2.75, 3.05) is 26.0 Å². The molecule has 0 bridgehead atoms. The fourth-order valence-electron chi connectivity index (χ4n) is 3.36. The number of ether oxygens (including phenoxy) is 2. The van der Waals surface area contributed by atoms with E-state index in [2.05, 4.69) is 9.72 Å². The number of nitrogens with zero attached hydrogens (tertiary/aromatic N) is 3. The number of morpholine rings is 1. The molecule has 3 rings (SSSR count). The zero-order valence-electron chi connectivity index (χ0n) is 16.8. The third-order valence-electron chi connectivity index (χ3n) is 4.69. The Bertz CT molecular complexity index is 951. The number of esters is 1. The van der Waals surface area contributed by atoms with E-state index in [0.29, 0.717) is 29.1 Å². The Morgan fingerprint density at radius 1 is 1.24 bits per heavy atom. The average Bonchev–Trinajstić information content (AvgIpc) is 2.70. The average molecular weight is 420 g/mol. The van der Waals surface area contributed by atoms with E-state index in [0.717, 1.165) is 0 Å². The molecule has 2 aromatic rings. The molecule has 0 aliphatic carbocycles. The Morgan fingerprint density at radius 2 is 1.93 bits per heavy atom. The lowest BCUT2D eigenvalue weighted by molar-refractivity contribution is -0.141. The zero-order valence-corrected chi connectivity index (χ0v) is 17.6. The lowest BCUT2D eigenvalue weighted by atomic mass is 10.2. The molecule has 0 radical (unpaired) electrons. The highest BCUT2D eigenvalue weighted by atomic mass is 32.2. The predicted octanol–water partition coefficient (Wildman–Crippen LogP) is 1.69. The van der Waals surface area contributed by atoms with Crippen molar-refractivity contribution in [1.82, 2.24) is 14.5 Å². The maximum atomic E-state index is 12.9. The van der Waals surface area contributed by atoms with E-state index in [1.54, 1.807) is 23.1 Å². The van der Waals surface area contributed by atoms with Crippen LogP contribution in [0.2, 0.25) is 0 Å². The molecule has 1 saturated heterocycles. The summed E-state index contributed by atoms with van der Waals surface area (Å²) in [6, 6.07) is 7.05. The van der Waals surface area contributed by atoms with Crippen LogP contribution in [-0.2, 0) is 25.6 Å². The Balaban J connectivity index is 1.82. The summed E-state index contributed by atoms with van der Waals surface area (Å²) in [7, 11) is 1.31. The second-order valence-corrected chi connectivity index (χ2v) is 7.98. The van der Waals surface area contributed by atoms with Crippen molar-refractivity contribution >= 4 is 34.5 Å². The molecule has 0 N–H and O–H groups in total. The molecule has 1 aromatic carbocycles. The molecule has 0 spiro atoms. The molecular weight excluding hydrogens is 394 g/mol. The number of thioether (sulfide) groups is 1. The number of carbonyl (C=O) groups excluding carboxylic acids is 2. The number of amides is 1. The standard InChI is InChI=1S/C20H25N3O5S/c1-13-10-22(11-14(2)28-13)17(24)12-29-20-21-16-7-5-4-6-15(16)19(26)23(20)9-8-18(25)27-3/h4-7,13-14H,8-12H2,1-3H3/t13-,14-/m0/s1. The van der Waals surface area contributed by atoms with Crippen molar-refractivity contribution in [2.24, 2.45) is 0 Å². The Kier molecular flexibility index (Phi) is 6.92. The van der Waals surface area contributed by atoms with Gasteiger partial charge in [0.1, 0.15) is 0 Å². The van der Waals surface area contributed by atoms with Crippen LogP contribution >= 0.6 is 11.8 Å². The molecule has 2 atom stereocenters. The van der Waals surface area contributed by atoms with E-state index in [4.69, 9.17) is 4.74 Å². The highest BCUT2D eigenvalue weighted by Crippen LogP contribution is 2.20.